The van der Waals surface area contributed by atoms with Crippen molar-refractivity contribution in [2.45, 2.75) is 24.8 Å². The molecule has 0 radical (unpaired) electrons. The van der Waals surface area contributed by atoms with Gasteiger partial charge in [-0.25, -0.2) is 0 Å². The van der Waals surface area contributed by atoms with Gasteiger partial charge in [-0.3, -0.25) is 14.3 Å². The number of carbonyl (C=O) groups is 1. The maximum atomic E-state index is 13.0. The Morgan fingerprint density at radius 1 is 1.11 bits per heavy atom. The molecule has 0 atom stereocenters. The van der Waals surface area contributed by atoms with Crippen molar-refractivity contribution in [2.75, 3.05) is 11.1 Å². The largest absolute Gasteiger partial charge is 0.406 e. The summed E-state index contributed by atoms with van der Waals surface area (Å²) in [5.74, 6) is -0.373. The Kier molecular flexibility index (Phi) is 5.98. The molecule has 1 N–H and O–H groups in total. The molecule has 1 amide bonds. The summed E-state index contributed by atoms with van der Waals surface area (Å²) in [5, 5.41) is 10.4. The molecule has 0 spiro atoms. The average molecular weight is 407 g/mol. The van der Waals surface area contributed by atoms with Crippen LogP contribution >= 0.6 is 11.8 Å². The van der Waals surface area contributed by atoms with Gasteiger partial charge in [0, 0.05) is 23.6 Å². The zero-order valence-corrected chi connectivity index (χ0v) is 15.6. The van der Waals surface area contributed by atoms with Crippen LogP contribution in [-0.4, -0.2) is 37.6 Å². The topological polar surface area (TPSA) is 72.7 Å². The van der Waals surface area contributed by atoms with E-state index in [1.807, 2.05) is 19.1 Å². The maximum absolute atomic E-state index is 13.0. The van der Waals surface area contributed by atoms with E-state index in [1.165, 1.54) is 12.4 Å². The third kappa shape index (κ3) is 5.32. The van der Waals surface area contributed by atoms with Crippen molar-refractivity contribution in [3.05, 3.63) is 54.4 Å². The van der Waals surface area contributed by atoms with Crippen molar-refractivity contribution in [1.82, 2.24) is 19.7 Å². The second-order valence-electron chi connectivity index (χ2n) is 5.95. The highest BCUT2D eigenvalue weighted by Gasteiger charge is 2.31. The average Bonchev–Trinajstić information content (AvgIpc) is 3.03. The predicted octanol–water partition coefficient (Wildman–Crippen LogP) is 3.94. The van der Waals surface area contributed by atoms with Gasteiger partial charge < -0.3 is 5.32 Å². The Balaban J connectivity index is 1.75. The molecule has 0 unspecified atom stereocenters. The standard InChI is InChI=1S/C18H16F3N5OS/c1-12-2-4-14(5-3-12)23-15(27)10-28-17-25-24-16(13-6-8-22-9-7-13)26(17)11-18(19,20)21/h2-9H,10-11H2,1H3,(H,23,27). The van der Waals surface area contributed by atoms with Gasteiger partial charge in [-0.15, -0.1) is 10.2 Å². The quantitative estimate of drug-likeness (QED) is 0.627. The molecule has 28 heavy (non-hydrogen) atoms. The number of nitrogens with one attached hydrogen (secondary N) is 1. The number of pyridine rings is 1. The van der Waals surface area contributed by atoms with E-state index >= 15 is 0 Å². The molecular weight excluding hydrogens is 391 g/mol. The molecule has 3 aromatic rings. The molecular formula is C18H16F3N5OS. The lowest BCUT2D eigenvalue weighted by Gasteiger charge is -2.12. The molecule has 6 nitrogen and oxygen atoms in total. The number of thioether (sulfide) groups is 1. The van der Waals surface area contributed by atoms with Crippen molar-refractivity contribution >= 4 is 23.4 Å². The molecule has 1 aromatic carbocycles. The van der Waals surface area contributed by atoms with Gasteiger partial charge in [-0.2, -0.15) is 13.2 Å². The number of benzene rings is 1. The van der Waals surface area contributed by atoms with Crippen LogP contribution in [0.15, 0.2) is 53.9 Å². The molecule has 0 aliphatic carbocycles. The van der Waals surface area contributed by atoms with Gasteiger partial charge in [0.25, 0.3) is 0 Å². The minimum atomic E-state index is -4.45. The third-order valence-corrected chi connectivity index (χ3v) is 4.63. The lowest BCUT2D eigenvalue weighted by molar-refractivity contribution is -0.141. The maximum Gasteiger partial charge on any atom is 0.406 e. The van der Waals surface area contributed by atoms with E-state index < -0.39 is 12.7 Å². The fourth-order valence-corrected chi connectivity index (χ4v) is 3.13. The number of amides is 1. The second-order valence-corrected chi connectivity index (χ2v) is 6.89. The molecule has 0 aliphatic rings. The van der Waals surface area contributed by atoms with Gasteiger partial charge in [0.15, 0.2) is 11.0 Å². The number of rotatable bonds is 6. The number of hydrogen-bond acceptors (Lipinski definition) is 5. The molecule has 3 rings (SSSR count). The minimum Gasteiger partial charge on any atom is -0.325 e. The van der Waals surface area contributed by atoms with E-state index in [0.29, 0.717) is 11.3 Å². The van der Waals surface area contributed by atoms with Crippen molar-refractivity contribution < 1.29 is 18.0 Å². The summed E-state index contributed by atoms with van der Waals surface area (Å²) in [4.78, 5) is 16.0. The second kappa shape index (κ2) is 8.42. The number of aromatic nitrogens is 4. The van der Waals surface area contributed by atoms with E-state index in [1.54, 1.807) is 24.3 Å². The summed E-state index contributed by atoms with van der Waals surface area (Å²) < 4.78 is 40.1. The number of hydrogen-bond donors (Lipinski definition) is 1. The van der Waals surface area contributed by atoms with Crippen LogP contribution in [0, 0.1) is 6.92 Å². The number of alkyl halides is 3. The lowest BCUT2D eigenvalue weighted by atomic mass is 10.2. The molecule has 0 aliphatic heterocycles. The summed E-state index contributed by atoms with van der Waals surface area (Å²) >= 11 is 0.895. The molecule has 0 saturated heterocycles. The van der Waals surface area contributed by atoms with Crippen molar-refractivity contribution in [3.8, 4) is 11.4 Å². The van der Waals surface area contributed by atoms with Gasteiger partial charge in [0.2, 0.25) is 5.91 Å². The lowest BCUT2D eigenvalue weighted by Crippen LogP contribution is -2.20. The first-order valence-corrected chi connectivity index (χ1v) is 9.20. The Hall–Kier alpha value is -2.88. The van der Waals surface area contributed by atoms with Gasteiger partial charge >= 0.3 is 6.18 Å². The van der Waals surface area contributed by atoms with Crippen LogP contribution in [0.1, 0.15) is 5.56 Å². The van der Waals surface area contributed by atoms with Crippen molar-refractivity contribution in [3.63, 3.8) is 0 Å². The van der Waals surface area contributed by atoms with Crippen LogP contribution < -0.4 is 5.32 Å². The van der Waals surface area contributed by atoms with Crippen LogP contribution in [0.2, 0.25) is 0 Å². The van der Waals surface area contributed by atoms with Crippen LogP contribution in [0.3, 0.4) is 0 Å². The first-order valence-electron chi connectivity index (χ1n) is 8.21. The van der Waals surface area contributed by atoms with Crippen LogP contribution in [-0.2, 0) is 11.3 Å². The fourth-order valence-electron chi connectivity index (χ4n) is 2.40. The minimum absolute atomic E-state index is 0.0168. The van der Waals surface area contributed by atoms with Crippen LogP contribution in [0.25, 0.3) is 11.4 Å². The smallest absolute Gasteiger partial charge is 0.325 e. The number of anilines is 1. The number of carbonyl (C=O) groups excluding carboxylic acids is 1. The molecule has 0 saturated carbocycles. The van der Waals surface area contributed by atoms with E-state index in [4.69, 9.17) is 0 Å². The van der Waals surface area contributed by atoms with Crippen molar-refractivity contribution in [1.29, 1.82) is 0 Å². The van der Waals surface area contributed by atoms with Crippen molar-refractivity contribution in [2.24, 2.45) is 0 Å². The molecule has 2 aromatic heterocycles. The summed E-state index contributed by atoms with van der Waals surface area (Å²) in [6.07, 6.45) is -1.53. The highest BCUT2D eigenvalue weighted by molar-refractivity contribution is 7.99. The predicted molar refractivity (Wildman–Crippen MR) is 99.8 cm³/mol. The van der Waals surface area contributed by atoms with Gasteiger partial charge in [0.1, 0.15) is 6.54 Å². The normalized spacial score (nSPS) is 11.4. The summed E-state index contributed by atoms with van der Waals surface area (Å²) in [5.41, 5.74) is 2.13. The van der Waals surface area contributed by atoms with E-state index in [9.17, 15) is 18.0 Å². The number of aryl methyl sites for hydroxylation is 1. The molecule has 10 heteroatoms. The first-order chi connectivity index (χ1) is 13.3. The number of nitrogens with zero attached hydrogens (tertiary/aromatic N) is 4. The van der Waals surface area contributed by atoms with E-state index in [2.05, 4.69) is 20.5 Å². The Labute approximate surface area is 163 Å². The molecule has 0 bridgehead atoms. The van der Waals surface area contributed by atoms with Gasteiger partial charge in [0.05, 0.1) is 5.75 Å². The summed E-state index contributed by atoms with van der Waals surface area (Å²) in [6, 6.07) is 10.3. The van der Waals surface area contributed by atoms with Crippen LogP contribution in [0.5, 0.6) is 0 Å². The van der Waals surface area contributed by atoms with Gasteiger partial charge in [-0.1, -0.05) is 29.5 Å². The summed E-state index contributed by atoms with van der Waals surface area (Å²) in [6.45, 7) is 0.675. The monoisotopic (exact) mass is 407 g/mol. The highest BCUT2D eigenvalue weighted by atomic mass is 32.2. The van der Waals surface area contributed by atoms with E-state index in [-0.39, 0.29) is 22.6 Å². The zero-order valence-electron chi connectivity index (χ0n) is 14.8. The van der Waals surface area contributed by atoms with Gasteiger partial charge in [-0.05, 0) is 31.2 Å². The Morgan fingerprint density at radius 2 is 1.79 bits per heavy atom. The fraction of sp³-hybridized carbons (Fsp3) is 0.222. The molecule has 2 heterocycles. The first kappa shape index (κ1) is 19.9. The molecule has 0 fully saturated rings. The Bertz CT molecular complexity index is 942. The third-order valence-electron chi connectivity index (χ3n) is 3.66. The highest BCUT2D eigenvalue weighted by Crippen LogP contribution is 2.28. The van der Waals surface area contributed by atoms with Crippen LogP contribution in [0.4, 0.5) is 18.9 Å². The SMILES string of the molecule is Cc1ccc(NC(=O)CSc2nnc(-c3ccncc3)n2CC(F)(F)F)cc1. The molecule has 146 valence electrons. The Morgan fingerprint density at radius 3 is 2.43 bits per heavy atom. The summed E-state index contributed by atoms with van der Waals surface area (Å²) in [7, 11) is 0. The van der Waals surface area contributed by atoms with E-state index in [0.717, 1.165) is 21.9 Å². The zero-order chi connectivity index (χ0) is 20.1. The number of halogens is 3.